The molecule has 3 rings (SSSR count). The smallest absolute Gasteiger partial charge is 0.315 e. The summed E-state index contributed by atoms with van der Waals surface area (Å²) in [6.45, 7) is 5.78. The first-order valence-corrected chi connectivity index (χ1v) is 9.09. The van der Waals surface area contributed by atoms with E-state index in [1.807, 2.05) is 18.3 Å². The summed E-state index contributed by atoms with van der Waals surface area (Å²) in [5.41, 5.74) is 1.15. The standard InChI is InChI=1S/C19H26N4O3/c1-2-9-26-18-6-5-15(11-20-18)13-23-8-7-16(14-23)22-19(24)21-12-17-4-3-10-25-17/h3-6,10-11,16H,2,7-9,12-14H2,1H3,(H2,21,22,24). The molecule has 7 nitrogen and oxygen atoms in total. The molecule has 2 amide bonds. The molecule has 0 bridgehead atoms. The fourth-order valence-corrected chi connectivity index (χ4v) is 2.97. The molecule has 140 valence electrons. The Balaban J connectivity index is 1.38. The number of hydrogen-bond acceptors (Lipinski definition) is 5. The summed E-state index contributed by atoms with van der Waals surface area (Å²) in [6.07, 6.45) is 5.38. The van der Waals surface area contributed by atoms with Crippen molar-refractivity contribution in [1.82, 2.24) is 20.5 Å². The van der Waals surface area contributed by atoms with Crippen molar-refractivity contribution in [3.8, 4) is 5.88 Å². The molecular formula is C19H26N4O3. The average molecular weight is 358 g/mol. The number of rotatable bonds is 8. The Morgan fingerprint density at radius 2 is 2.35 bits per heavy atom. The zero-order valence-electron chi connectivity index (χ0n) is 15.1. The molecule has 0 radical (unpaired) electrons. The Kier molecular flexibility index (Phi) is 6.49. The molecule has 0 saturated carbocycles. The van der Waals surface area contributed by atoms with E-state index in [1.54, 1.807) is 12.3 Å². The van der Waals surface area contributed by atoms with Gasteiger partial charge in [-0.1, -0.05) is 13.0 Å². The predicted octanol–water partition coefficient (Wildman–Crippen LogP) is 2.54. The maximum atomic E-state index is 12.0. The van der Waals surface area contributed by atoms with Crippen molar-refractivity contribution < 1.29 is 13.9 Å². The summed E-state index contributed by atoms with van der Waals surface area (Å²) in [5.74, 6) is 1.41. The number of nitrogens with one attached hydrogen (secondary N) is 2. The highest BCUT2D eigenvalue weighted by atomic mass is 16.5. The Bertz CT molecular complexity index is 673. The van der Waals surface area contributed by atoms with Gasteiger partial charge in [-0.15, -0.1) is 0 Å². The Labute approximate surface area is 153 Å². The van der Waals surface area contributed by atoms with Gasteiger partial charge in [-0.3, -0.25) is 4.90 Å². The minimum absolute atomic E-state index is 0.159. The van der Waals surface area contributed by atoms with Crippen molar-refractivity contribution in [1.29, 1.82) is 0 Å². The molecule has 0 aliphatic carbocycles. The van der Waals surface area contributed by atoms with Crippen molar-refractivity contribution in [3.63, 3.8) is 0 Å². The quantitative estimate of drug-likeness (QED) is 0.758. The number of carbonyl (C=O) groups excluding carboxylic acids is 1. The van der Waals surface area contributed by atoms with Crippen LogP contribution in [0.5, 0.6) is 5.88 Å². The first-order valence-electron chi connectivity index (χ1n) is 9.09. The van der Waals surface area contributed by atoms with Crippen molar-refractivity contribution >= 4 is 6.03 Å². The summed E-state index contributed by atoms with van der Waals surface area (Å²) in [7, 11) is 0. The van der Waals surface area contributed by atoms with Crippen LogP contribution >= 0.6 is 0 Å². The van der Waals surface area contributed by atoms with Gasteiger partial charge >= 0.3 is 6.03 Å². The number of pyridine rings is 1. The molecular weight excluding hydrogens is 332 g/mol. The first-order chi connectivity index (χ1) is 12.7. The molecule has 1 atom stereocenters. The van der Waals surface area contributed by atoms with Crippen molar-refractivity contribution in [2.45, 2.75) is 38.9 Å². The molecule has 1 aliphatic heterocycles. The van der Waals surface area contributed by atoms with Gasteiger partial charge in [0.25, 0.3) is 0 Å². The lowest BCUT2D eigenvalue weighted by molar-refractivity contribution is 0.234. The van der Waals surface area contributed by atoms with Gasteiger partial charge in [0.05, 0.1) is 19.4 Å². The van der Waals surface area contributed by atoms with Gasteiger partial charge in [-0.05, 0) is 30.5 Å². The molecule has 1 saturated heterocycles. The maximum Gasteiger partial charge on any atom is 0.315 e. The fraction of sp³-hybridized carbons (Fsp3) is 0.474. The van der Waals surface area contributed by atoms with Crippen LogP contribution in [0.25, 0.3) is 0 Å². The topological polar surface area (TPSA) is 79.6 Å². The summed E-state index contributed by atoms with van der Waals surface area (Å²) in [5, 5.41) is 5.83. The van der Waals surface area contributed by atoms with Crippen LogP contribution in [0, 0.1) is 0 Å². The number of amides is 2. The van der Waals surface area contributed by atoms with Gasteiger partial charge in [-0.25, -0.2) is 9.78 Å². The SMILES string of the molecule is CCCOc1ccc(CN2CCC(NC(=O)NCc3ccco3)C2)cn1. The van der Waals surface area contributed by atoms with Crippen LogP contribution in [0.4, 0.5) is 4.79 Å². The first kappa shape index (κ1) is 18.3. The third-order valence-electron chi connectivity index (χ3n) is 4.27. The Morgan fingerprint density at radius 3 is 3.08 bits per heavy atom. The largest absolute Gasteiger partial charge is 0.478 e. The number of ether oxygens (including phenoxy) is 1. The second kappa shape index (κ2) is 9.24. The molecule has 0 aromatic carbocycles. The van der Waals surface area contributed by atoms with Gasteiger partial charge in [0.2, 0.25) is 5.88 Å². The van der Waals surface area contributed by atoms with Gasteiger partial charge in [0.15, 0.2) is 0 Å². The number of hydrogen-bond donors (Lipinski definition) is 2. The molecule has 2 aromatic rings. The minimum Gasteiger partial charge on any atom is -0.478 e. The van der Waals surface area contributed by atoms with E-state index < -0.39 is 0 Å². The van der Waals surface area contributed by atoms with Crippen LogP contribution in [-0.4, -0.2) is 41.7 Å². The lowest BCUT2D eigenvalue weighted by Crippen LogP contribution is -2.43. The summed E-state index contributed by atoms with van der Waals surface area (Å²) in [4.78, 5) is 18.6. The lowest BCUT2D eigenvalue weighted by atomic mass is 10.2. The highest BCUT2D eigenvalue weighted by molar-refractivity contribution is 5.74. The van der Waals surface area contributed by atoms with E-state index in [0.29, 0.717) is 19.0 Å². The van der Waals surface area contributed by atoms with E-state index in [9.17, 15) is 4.79 Å². The maximum absolute atomic E-state index is 12.0. The number of furan rings is 1. The molecule has 2 N–H and O–H groups in total. The zero-order valence-corrected chi connectivity index (χ0v) is 15.1. The number of aromatic nitrogens is 1. The van der Waals surface area contributed by atoms with Crippen LogP contribution < -0.4 is 15.4 Å². The van der Waals surface area contributed by atoms with E-state index in [4.69, 9.17) is 9.15 Å². The molecule has 1 aliphatic rings. The summed E-state index contributed by atoms with van der Waals surface area (Å²) < 4.78 is 10.7. The number of likely N-dealkylation sites (tertiary alicyclic amines) is 1. The van der Waals surface area contributed by atoms with E-state index in [-0.39, 0.29) is 12.1 Å². The Morgan fingerprint density at radius 1 is 1.42 bits per heavy atom. The zero-order chi connectivity index (χ0) is 18.2. The van der Waals surface area contributed by atoms with Crippen LogP contribution in [0.1, 0.15) is 31.1 Å². The monoisotopic (exact) mass is 358 g/mol. The minimum atomic E-state index is -0.160. The molecule has 26 heavy (non-hydrogen) atoms. The molecule has 1 fully saturated rings. The van der Waals surface area contributed by atoms with Crippen LogP contribution in [0.3, 0.4) is 0 Å². The van der Waals surface area contributed by atoms with E-state index in [1.165, 1.54) is 0 Å². The molecule has 1 unspecified atom stereocenters. The van der Waals surface area contributed by atoms with Crippen LogP contribution in [0.15, 0.2) is 41.1 Å². The molecule has 0 spiro atoms. The normalized spacial score (nSPS) is 17.2. The average Bonchev–Trinajstić information content (AvgIpc) is 3.31. The van der Waals surface area contributed by atoms with Crippen molar-refractivity contribution in [2.24, 2.45) is 0 Å². The number of carbonyl (C=O) groups is 1. The van der Waals surface area contributed by atoms with Crippen LogP contribution in [0.2, 0.25) is 0 Å². The second-order valence-corrected chi connectivity index (χ2v) is 6.48. The predicted molar refractivity (Wildman–Crippen MR) is 97.8 cm³/mol. The number of nitrogens with zero attached hydrogens (tertiary/aromatic N) is 2. The highest BCUT2D eigenvalue weighted by Gasteiger charge is 2.23. The Hall–Kier alpha value is -2.54. The third-order valence-corrected chi connectivity index (χ3v) is 4.27. The summed E-state index contributed by atoms with van der Waals surface area (Å²) >= 11 is 0. The van der Waals surface area contributed by atoms with E-state index in [0.717, 1.165) is 43.8 Å². The molecule has 3 heterocycles. The van der Waals surface area contributed by atoms with Gasteiger partial charge in [0, 0.05) is 37.9 Å². The van der Waals surface area contributed by atoms with Gasteiger partial charge < -0.3 is 19.8 Å². The van der Waals surface area contributed by atoms with Gasteiger partial charge in [-0.2, -0.15) is 0 Å². The van der Waals surface area contributed by atoms with E-state index >= 15 is 0 Å². The highest BCUT2D eigenvalue weighted by Crippen LogP contribution is 2.15. The van der Waals surface area contributed by atoms with Gasteiger partial charge in [0.1, 0.15) is 5.76 Å². The summed E-state index contributed by atoms with van der Waals surface area (Å²) in [6, 6.07) is 7.61. The van der Waals surface area contributed by atoms with E-state index in [2.05, 4.69) is 33.5 Å². The third kappa shape index (κ3) is 5.49. The van der Waals surface area contributed by atoms with Crippen molar-refractivity contribution in [2.75, 3.05) is 19.7 Å². The lowest BCUT2D eigenvalue weighted by Gasteiger charge is -2.17. The van der Waals surface area contributed by atoms with Crippen molar-refractivity contribution in [3.05, 3.63) is 48.0 Å². The second-order valence-electron chi connectivity index (χ2n) is 6.48. The molecule has 7 heteroatoms. The fourth-order valence-electron chi connectivity index (χ4n) is 2.97. The number of urea groups is 1. The molecule has 2 aromatic heterocycles. The van der Waals surface area contributed by atoms with Crippen LogP contribution in [-0.2, 0) is 13.1 Å².